The Morgan fingerprint density at radius 1 is 1.21 bits per heavy atom. The molecule has 1 amide bonds. The highest BCUT2D eigenvalue weighted by Crippen LogP contribution is 2.37. The van der Waals surface area contributed by atoms with Crippen LogP contribution >= 0.6 is 11.6 Å². The van der Waals surface area contributed by atoms with Crippen molar-refractivity contribution in [1.29, 1.82) is 0 Å². The molecule has 0 radical (unpaired) electrons. The molecule has 1 atom stereocenters. The molecule has 1 heterocycles. The van der Waals surface area contributed by atoms with Gasteiger partial charge < -0.3 is 19.3 Å². The highest BCUT2D eigenvalue weighted by Gasteiger charge is 2.31. The predicted octanol–water partition coefficient (Wildman–Crippen LogP) is 4.27. The Balaban J connectivity index is 1.92. The first-order valence-electron chi connectivity index (χ1n) is 9.60. The Morgan fingerprint density at radius 3 is 2.64 bits per heavy atom. The van der Waals surface area contributed by atoms with E-state index in [1.165, 1.54) is 0 Å². The van der Waals surface area contributed by atoms with Crippen LogP contribution in [0.3, 0.4) is 0 Å². The number of carbonyl (C=O) groups excluding carboxylic acids is 1. The maximum atomic E-state index is 13.4. The fourth-order valence-corrected chi connectivity index (χ4v) is 3.74. The molecule has 2 aromatic carbocycles. The van der Waals surface area contributed by atoms with Gasteiger partial charge in [-0.05, 0) is 31.2 Å². The highest BCUT2D eigenvalue weighted by molar-refractivity contribution is 6.32. The monoisotopic (exact) mass is 402 g/mol. The summed E-state index contributed by atoms with van der Waals surface area (Å²) in [5, 5.41) is 0.390. The zero-order valence-corrected chi connectivity index (χ0v) is 17.4. The summed E-state index contributed by atoms with van der Waals surface area (Å²) in [7, 11) is 3.64. The topological polar surface area (TPSA) is 42.0 Å². The largest absolute Gasteiger partial charge is 0.493 e. The van der Waals surface area contributed by atoms with Gasteiger partial charge in [0.25, 0.3) is 5.91 Å². The summed E-state index contributed by atoms with van der Waals surface area (Å²) in [4.78, 5) is 17.6. The van der Waals surface area contributed by atoms with Crippen LogP contribution in [0.1, 0.15) is 35.3 Å². The Hall–Kier alpha value is -2.24. The van der Waals surface area contributed by atoms with Crippen LogP contribution in [0.15, 0.2) is 42.5 Å². The van der Waals surface area contributed by atoms with Gasteiger partial charge in [-0.3, -0.25) is 4.79 Å². The van der Waals surface area contributed by atoms with Crippen LogP contribution in [-0.4, -0.2) is 56.1 Å². The molecule has 1 aliphatic heterocycles. The van der Waals surface area contributed by atoms with E-state index in [4.69, 9.17) is 21.1 Å². The van der Waals surface area contributed by atoms with Crippen molar-refractivity contribution in [1.82, 2.24) is 9.80 Å². The van der Waals surface area contributed by atoms with Gasteiger partial charge in [0.05, 0.1) is 24.8 Å². The van der Waals surface area contributed by atoms with Crippen molar-refractivity contribution in [3.63, 3.8) is 0 Å². The standard InChI is InChI=1S/C22H27ClN2O3/c1-4-12-28-21-18(23)13-17(14-20(21)27-3)22(26)25-11-10-24(2)15-19(25)16-8-6-5-7-9-16/h5-9,13-14,19H,4,10-12,15H2,1-3H3. The summed E-state index contributed by atoms with van der Waals surface area (Å²) in [6.45, 7) is 4.84. The fourth-order valence-electron chi connectivity index (χ4n) is 3.48. The summed E-state index contributed by atoms with van der Waals surface area (Å²) < 4.78 is 11.1. The normalized spacial score (nSPS) is 17.4. The molecule has 6 heteroatoms. The molecule has 3 rings (SSSR count). The maximum Gasteiger partial charge on any atom is 0.254 e. The molecule has 0 spiro atoms. The van der Waals surface area contributed by atoms with Crippen LogP contribution < -0.4 is 9.47 Å². The summed E-state index contributed by atoms with van der Waals surface area (Å²) >= 11 is 6.42. The minimum absolute atomic E-state index is 0.00626. The van der Waals surface area contributed by atoms with Crippen molar-refractivity contribution in [2.24, 2.45) is 0 Å². The number of methoxy groups -OCH3 is 1. The summed E-state index contributed by atoms with van der Waals surface area (Å²) in [5.74, 6) is 0.916. The molecular formula is C22H27ClN2O3. The number of hydrogen-bond donors (Lipinski definition) is 0. The van der Waals surface area contributed by atoms with Gasteiger partial charge >= 0.3 is 0 Å². The number of benzene rings is 2. The summed E-state index contributed by atoms with van der Waals surface area (Å²) in [6.07, 6.45) is 0.861. The van der Waals surface area contributed by atoms with E-state index in [0.29, 0.717) is 35.2 Å². The van der Waals surface area contributed by atoms with Gasteiger partial charge in [-0.15, -0.1) is 0 Å². The van der Waals surface area contributed by atoms with E-state index in [0.717, 1.165) is 25.1 Å². The molecule has 1 aliphatic rings. The number of halogens is 1. The third-order valence-electron chi connectivity index (χ3n) is 4.96. The van der Waals surface area contributed by atoms with Crippen LogP contribution in [0.4, 0.5) is 0 Å². The van der Waals surface area contributed by atoms with Crippen LogP contribution in [0.25, 0.3) is 0 Å². The van der Waals surface area contributed by atoms with Crippen molar-refractivity contribution in [3.05, 3.63) is 58.6 Å². The molecule has 2 aromatic rings. The van der Waals surface area contributed by atoms with Crippen LogP contribution in [0, 0.1) is 0 Å². The van der Waals surface area contributed by atoms with Crippen molar-refractivity contribution in [2.45, 2.75) is 19.4 Å². The lowest BCUT2D eigenvalue weighted by molar-refractivity contribution is 0.0497. The number of carbonyl (C=O) groups is 1. The fraction of sp³-hybridized carbons (Fsp3) is 0.409. The lowest BCUT2D eigenvalue weighted by atomic mass is 10.0. The van der Waals surface area contributed by atoms with E-state index in [2.05, 4.69) is 24.1 Å². The Labute approximate surface area is 171 Å². The average Bonchev–Trinajstić information content (AvgIpc) is 2.72. The summed E-state index contributed by atoms with van der Waals surface area (Å²) in [5.41, 5.74) is 1.64. The highest BCUT2D eigenvalue weighted by atomic mass is 35.5. The minimum atomic E-state index is -0.0517. The first-order chi connectivity index (χ1) is 13.5. The summed E-state index contributed by atoms with van der Waals surface area (Å²) in [6, 6.07) is 13.5. The number of hydrogen-bond acceptors (Lipinski definition) is 4. The molecule has 0 N–H and O–H groups in total. The first kappa shape index (κ1) is 20.5. The molecule has 0 bridgehead atoms. The minimum Gasteiger partial charge on any atom is -0.493 e. The molecule has 28 heavy (non-hydrogen) atoms. The smallest absolute Gasteiger partial charge is 0.254 e. The Bertz CT molecular complexity index is 813. The molecule has 5 nitrogen and oxygen atoms in total. The molecular weight excluding hydrogens is 376 g/mol. The van der Waals surface area contributed by atoms with E-state index >= 15 is 0 Å². The second kappa shape index (κ2) is 9.30. The second-order valence-electron chi connectivity index (χ2n) is 7.03. The molecule has 0 saturated carbocycles. The molecule has 1 fully saturated rings. The van der Waals surface area contributed by atoms with Gasteiger partial charge in [0.2, 0.25) is 0 Å². The third-order valence-corrected chi connectivity index (χ3v) is 5.24. The molecule has 150 valence electrons. The van der Waals surface area contributed by atoms with Crippen molar-refractivity contribution < 1.29 is 14.3 Å². The number of piperazine rings is 1. The van der Waals surface area contributed by atoms with E-state index in [1.807, 2.05) is 30.0 Å². The second-order valence-corrected chi connectivity index (χ2v) is 7.43. The quantitative estimate of drug-likeness (QED) is 0.723. The van der Waals surface area contributed by atoms with Gasteiger partial charge in [0, 0.05) is 25.2 Å². The van der Waals surface area contributed by atoms with Gasteiger partial charge in [-0.2, -0.15) is 0 Å². The van der Waals surface area contributed by atoms with Crippen molar-refractivity contribution >= 4 is 17.5 Å². The number of nitrogens with zero attached hydrogens (tertiary/aromatic N) is 2. The van der Waals surface area contributed by atoms with Gasteiger partial charge in [0.15, 0.2) is 11.5 Å². The van der Waals surface area contributed by atoms with E-state index < -0.39 is 0 Å². The lowest BCUT2D eigenvalue weighted by Crippen LogP contribution is -2.49. The average molecular weight is 403 g/mol. The molecule has 1 saturated heterocycles. The molecule has 0 aliphatic carbocycles. The maximum absolute atomic E-state index is 13.4. The number of rotatable bonds is 6. The zero-order valence-electron chi connectivity index (χ0n) is 16.7. The zero-order chi connectivity index (χ0) is 20.1. The first-order valence-corrected chi connectivity index (χ1v) is 9.97. The van der Waals surface area contributed by atoms with Crippen molar-refractivity contribution in [2.75, 3.05) is 40.4 Å². The molecule has 1 unspecified atom stereocenters. The number of ether oxygens (including phenoxy) is 2. The van der Waals surface area contributed by atoms with E-state index in [9.17, 15) is 4.79 Å². The number of likely N-dealkylation sites (N-methyl/N-ethyl adjacent to an activating group) is 1. The van der Waals surface area contributed by atoms with E-state index in [-0.39, 0.29) is 11.9 Å². The van der Waals surface area contributed by atoms with Gasteiger partial charge in [-0.1, -0.05) is 48.9 Å². The van der Waals surface area contributed by atoms with Crippen LogP contribution in [0.2, 0.25) is 5.02 Å². The SMILES string of the molecule is CCCOc1c(Cl)cc(C(=O)N2CCN(C)CC2c2ccccc2)cc1OC. The lowest BCUT2D eigenvalue weighted by Gasteiger charge is -2.40. The predicted molar refractivity (Wildman–Crippen MR) is 112 cm³/mol. The Morgan fingerprint density at radius 2 is 1.96 bits per heavy atom. The molecule has 0 aromatic heterocycles. The van der Waals surface area contributed by atoms with Crippen LogP contribution in [-0.2, 0) is 0 Å². The Kier molecular flexibility index (Phi) is 6.81. The van der Waals surface area contributed by atoms with Gasteiger partial charge in [-0.25, -0.2) is 0 Å². The number of amides is 1. The van der Waals surface area contributed by atoms with E-state index in [1.54, 1.807) is 19.2 Å². The van der Waals surface area contributed by atoms with Gasteiger partial charge in [0.1, 0.15) is 0 Å². The van der Waals surface area contributed by atoms with Crippen molar-refractivity contribution in [3.8, 4) is 11.5 Å². The van der Waals surface area contributed by atoms with Crippen LogP contribution in [0.5, 0.6) is 11.5 Å². The third kappa shape index (κ3) is 4.42.